The van der Waals surface area contributed by atoms with Gasteiger partial charge in [0, 0.05) is 11.3 Å². The van der Waals surface area contributed by atoms with Crippen LogP contribution in [0.1, 0.15) is 148 Å². The van der Waals surface area contributed by atoms with Gasteiger partial charge >= 0.3 is 0 Å². The van der Waals surface area contributed by atoms with Gasteiger partial charge in [0.05, 0.1) is 6.10 Å². The highest BCUT2D eigenvalue weighted by molar-refractivity contribution is 7.67. The smallest absolute Gasteiger partial charge is 0.0559 e. The lowest BCUT2D eigenvalue weighted by atomic mass is 9.79. The number of aliphatic hydroxyl groups excluding tert-OH is 1. The molecule has 0 radical (unpaired) electrons. The minimum atomic E-state index is -0.962. The van der Waals surface area contributed by atoms with Crippen molar-refractivity contribution < 1.29 is 5.11 Å². The molecule has 2 atom stereocenters. The molecule has 1 heterocycles. The van der Waals surface area contributed by atoms with Crippen molar-refractivity contribution in [2.45, 2.75) is 123 Å². The molecule has 0 amide bonds. The zero-order valence-electron chi connectivity index (χ0n) is 39.3. The molecule has 1 aliphatic heterocycles. The maximum Gasteiger partial charge on any atom is 0.0559 e. The number of aryl methyl sites for hydroxylation is 2. The molecule has 1 nitrogen and oxygen atoms in total. The van der Waals surface area contributed by atoms with Crippen LogP contribution in [-0.2, 0) is 0 Å². The van der Waals surface area contributed by atoms with Gasteiger partial charge < -0.3 is 5.11 Å². The summed E-state index contributed by atoms with van der Waals surface area (Å²) in [4.78, 5) is 0. The summed E-state index contributed by atoms with van der Waals surface area (Å²) in [6.45, 7) is 23.5. The number of rotatable bonds is 11. The summed E-state index contributed by atoms with van der Waals surface area (Å²) in [6.07, 6.45) is 1.09. The van der Waals surface area contributed by atoms with Crippen molar-refractivity contribution in [1.82, 2.24) is 0 Å². The summed E-state index contributed by atoms with van der Waals surface area (Å²) in [5.41, 5.74) is 21.9. The zero-order valence-corrected chi connectivity index (χ0v) is 40.2. The van der Waals surface area contributed by atoms with Crippen LogP contribution in [0.3, 0.4) is 0 Å². The normalized spacial score (nSPS) is 17.9. The predicted molar refractivity (Wildman–Crippen MR) is 274 cm³/mol. The molecule has 1 fully saturated rings. The van der Waals surface area contributed by atoms with Gasteiger partial charge in [0.1, 0.15) is 0 Å². The lowest BCUT2D eigenvalue weighted by Crippen LogP contribution is -2.28. The Bertz CT molecular complexity index is 2450. The lowest BCUT2D eigenvalue weighted by molar-refractivity contribution is 0.146. The van der Waals surface area contributed by atoms with Gasteiger partial charge in [0.15, 0.2) is 0 Å². The Kier molecular flexibility index (Phi) is 13.4. The van der Waals surface area contributed by atoms with E-state index < -0.39 is 14.0 Å². The molecule has 8 rings (SSSR count). The Labute approximate surface area is 380 Å². The minimum Gasteiger partial charge on any atom is -0.393 e. The van der Waals surface area contributed by atoms with Crippen molar-refractivity contribution in [1.29, 1.82) is 0 Å². The van der Waals surface area contributed by atoms with Crippen molar-refractivity contribution in [3.63, 3.8) is 0 Å². The number of hydrogen-bond acceptors (Lipinski definition) is 1. The Morgan fingerprint density at radius 1 is 0.413 bits per heavy atom. The second-order valence-corrected chi connectivity index (χ2v) is 21.9. The summed E-state index contributed by atoms with van der Waals surface area (Å²) >= 11 is 0. The molecule has 7 aromatic carbocycles. The van der Waals surface area contributed by atoms with E-state index in [0.29, 0.717) is 23.7 Å². The van der Waals surface area contributed by atoms with Crippen LogP contribution >= 0.6 is 7.92 Å². The fraction of sp³-hybridized carbons (Fsp3) is 0.311. The molecule has 0 aliphatic carbocycles. The molecule has 0 saturated carbocycles. The third-order valence-electron chi connectivity index (χ3n) is 13.7. The first kappa shape index (κ1) is 44.5. The standard InChI is InChI=1S/C61H67OP/c1-38(2)53-32-46(49-28-19-17-22-42(49)9)33-54(39(3)4)59(53)51-30-21-31-52(60-55(40(5)6)34-47(35-56(60)41(7)8)50-29-20-18-23-43(50)10)61(51)63-57(44-24-13-11-14-25-44)36-48(62)37-58(63)45-26-15-12-16-27-45/h11-35,38-41,48,57-58,62H,36-37H2,1-10H3. The van der Waals surface area contributed by atoms with Crippen LogP contribution in [0.2, 0.25) is 0 Å². The van der Waals surface area contributed by atoms with Crippen molar-refractivity contribution >= 4 is 13.2 Å². The highest BCUT2D eigenvalue weighted by Gasteiger charge is 2.42. The molecule has 1 aliphatic rings. The first-order chi connectivity index (χ1) is 30.3. The summed E-state index contributed by atoms with van der Waals surface area (Å²) in [7, 11) is -0.962. The SMILES string of the molecule is Cc1ccccc1-c1cc(C(C)C)c(-c2cccc(-c3c(C(C)C)cc(-c4ccccc4C)cc3C(C)C)c2P2C(c3ccccc3)CC(O)CC2c2ccccc2)c(C(C)C)c1. The van der Waals surface area contributed by atoms with Crippen molar-refractivity contribution in [3.8, 4) is 44.5 Å². The molecular weight excluding hydrogens is 780 g/mol. The molecule has 2 heteroatoms. The second-order valence-electron chi connectivity index (χ2n) is 19.4. The average Bonchev–Trinajstić information content (AvgIpc) is 3.28. The molecule has 1 N–H and O–H groups in total. The van der Waals surface area contributed by atoms with Crippen molar-refractivity contribution in [2.75, 3.05) is 0 Å². The monoisotopic (exact) mass is 846 g/mol. The van der Waals surface area contributed by atoms with E-state index in [1.807, 2.05) is 0 Å². The Hall–Kier alpha value is -5.07. The minimum absolute atomic E-state index is 0.155. The van der Waals surface area contributed by atoms with E-state index >= 15 is 0 Å². The van der Waals surface area contributed by atoms with Crippen LogP contribution < -0.4 is 5.30 Å². The van der Waals surface area contributed by atoms with E-state index in [2.05, 4.69) is 221 Å². The summed E-state index contributed by atoms with van der Waals surface area (Å²) < 4.78 is 0. The highest BCUT2D eigenvalue weighted by atomic mass is 31.1. The van der Waals surface area contributed by atoms with E-state index in [1.165, 1.54) is 94.3 Å². The van der Waals surface area contributed by atoms with E-state index in [-0.39, 0.29) is 11.3 Å². The van der Waals surface area contributed by atoms with Gasteiger partial charge in [-0.2, -0.15) is 0 Å². The molecule has 1 saturated heterocycles. The van der Waals surface area contributed by atoms with Gasteiger partial charge in [-0.15, -0.1) is 0 Å². The lowest BCUT2D eigenvalue weighted by Gasteiger charge is -2.44. The van der Waals surface area contributed by atoms with Gasteiger partial charge in [-0.05, 0) is 145 Å². The van der Waals surface area contributed by atoms with Gasteiger partial charge in [-0.3, -0.25) is 0 Å². The van der Waals surface area contributed by atoms with Gasteiger partial charge in [-0.1, -0.05) is 215 Å². The Morgan fingerprint density at radius 2 is 0.730 bits per heavy atom. The average molecular weight is 847 g/mol. The molecule has 7 aromatic rings. The Balaban J connectivity index is 1.55. The van der Waals surface area contributed by atoms with Crippen molar-refractivity contribution in [3.05, 3.63) is 196 Å². The molecule has 0 spiro atoms. The molecule has 322 valence electrons. The van der Waals surface area contributed by atoms with Crippen LogP contribution in [0.15, 0.2) is 152 Å². The van der Waals surface area contributed by atoms with E-state index in [9.17, 15) is 5.11 Å². The van der Waals surface area contributed by atoms with Crippen molar-refractivity contribution in [2.24, 2.45) is 0 Å². The molecule has 0 aromatic heterocycles. The number of aliphatic hydroxyl groups is 1. The second kappa shape index (κ2) is 19.0. The predicted octanol–water partition coefficient (Wildman–Crippen LogP) is 17.2. The maximum atomic E-state index is 12.0. The van der Waals surface area contributed by atoms with E-state index in [1.54, 1.807) is 0 Å². The maximum absolute atomic E-state index is 12.0. The largest absolute Gasteiger partial charge is 0.393 e. The summed E-state index contributed by atoms with van der Waals surface area (Å²) in [5.74, 6) is 1.17. The van der Waals surface area contributed by atoms with Gasteiger partial charge in [-0.25, -0.2) is 0 Å². The van der Waals surface area contributed by atoms with Gasteiger partial charge in [0.25, 0.3) is 0 Å². The fourth-order valence-electron chi connectivity index (χ4n) is 10.5. The fourth-order valence-corrected chi connectivity index (χ4v) is 14.4. The number of hydrogen-bond donors (Lipinski definition) is 1. The van der Waals surface area contributed by atoms with Gasteiger partial charge in [0.2, 0.25) is 0 Å². The topological polar surface area (TPSA) is 20.2 Å². The third-order valence-corrected chi connectivity index (χ3v) is 17.0. The first-order valence-electron chi connectivity index (χ1n) is 23.5. The van der Waals surface area contributed by atoms with Crippen LogP contribution in [0.5, 0.6) is 0 Å². The van der Waals surface area contributed by atoms with Crippen LogP contribution in [0, 0.1) is 13.8 Å². The zero-order chi connectivity index (χ0) is 44.5. The molecular formula is C61H67OP. The number of benzene rings is 7. The quantitative estimate of drug-likeness (QED) is 0.129. The third kappa shape index (κ3) is 8.90. The van der Waals surface area contributed by atoms with Crippen LogP contribution in [0.25, 0.3) is 44.5 Å². The Morgan fingerprint density at radius 3 is 1.06 bits per heavy atom. The molecule has 0 bridgehead atoms. The summed E-state index contributed by atoms with van der Waals surface area (Å²) in [6, 6.07) is 57.5. The van der Waals surface area contributed by atoms with E-state index in [0.717, 1.165) is 12.8 Å². The molecule has 63 heavy (non-hydrogen) atoms. The van der Waals surface area contributed by atoms with E-state index in [4.69, 9.17) is 0 Å². The van der Waals surface area contributed by atoms with Crippen LogP contribution in [0.4, 0.5) is 0 Å². The molecule has 2 unspecified atom stereocenters. The first-order valence-corrected chi connectivity index (χ1v) is 25.0. The summed E-state index contributed by atoms with van der Waals surface area (Å²) in [5, 5.41) is 13.5. The highest BCUT2D eigenvalue weighted by Crippen LogP contribution is 2.69. The van der Waals surface area contributed by atoms with Crippen LogP contribution in [-0.4, -0.2) is 11.2 Å².